The van der Waals surface area contributed by atoms with Crippen molar-refractivity contribution in [2.75, 3.05) is 13.1 Å². The van der Waals surface area contributed by atoms with Crippen molar-refractivity contribution in [1.82, 2.24) is 9.21 Å². The number of rotatable bonds is 4. The average Bonchev–Trinajstić information content (AvgIpc) is 3.07. The lowest BCUT2D eigenvalue weighted by Gasteiger charge is -2.43. The van der Waals surface area contributed by atoms with Crippen LogP contribution >= 0.6 is 11.3 Å². The lowest BCUT2D eigenvalue weighted by Crippen LogP contribution is -2.57. The number of piperazine rings is 1. The maximum Gasteiger partial charge on any atom is 0.252 e. The molecule has 1 aliphatic heterocycles. The lowest BCUT2D eigenvalue weighted by molar-refractivity contribution is 0.0700. The van der Waals surface area contributed by atoms with Gasteiger partial charge in [-0.2, -0.15) is 4.31 Å². The molecule has 6 heteroatoms. The predicted octanol–water partition coefficient (Wildman–Crippen LogP) is 3.03. The van der Waals surface area contributed by atoms with Crippen molar-refractivity contribution < 1.29 is 8.42 Å². The van der Waals surface area contributed by atoms with E-state index in [-0.39, 0.29) is 12.1 Å². The SMILES string of the molecule is CC1CN(S(=O)(=O)c2cccs2)CC(C)N1Cc1ccccc1. The van der Waals surface area contributed by atoms with E-state index in [9.17, 15) is 8.42 Å². The van der Waals surface area contributed by atoms with Crippen molar-refractivity contribution in [1.29, 1.82) is 0 Å². The first-order chi connectivity index (χ1) is 11.0. The molecule has 0 radical (unpaired) electrons. The smallest absolute Gasteiger partial charge is 0.252 e. The first-order valence-electron chi connectivity index (χ1n) is 7.82. The minimum atomic E-state index is -3.36. The number of thiophene rings is 1. The topological polar surface area (TPSA) is 40.6 Å². The van der Waals surface area contributed by atoms with Gasteiger partial charge in [-0.15, -0.1) is 11.3 Å². The Morgan fingerprint density at radius 3 is 2.26 bits per heavy atom. The number of sulfonamides is 1. The highest BCUT2D eigenvalue weighted by Gasteiger charge is 2.36. The summed E-state index contributed by atoms with van der Waals surface area (Å²) in [5, 5.41) is 1.81. The Hall–Kier alpha value is -1.21. The summed E-state index contributed by atoms with van der Waals surface area (Å²) in [5.74, 6) is 0. The van der Waals surface area contributed by atoms with E-state index in [1.54, 1.807) is 16.4 Å². The average molecular weight is 351 g/mol. The Bertz CT molecular complexity index is 717. The zero-order valence-electron chi connectivity index (χ0n) is 13.4. The molecule has 23 heavy (non-hydrogen) atoms. The number of nitrogens with zero attached hydrogens (tertiary/aromatic N) is 2. The molecule has 4 nitrogen and oxygen atoms in total. The molecule has 0 N–H and O–H groups in total. The van der Waals surface area contributed by atoms with Crippen LogP contribution < -0.4 is 0 Å². The second-order valence-electron chi connectivity index (χ2n) is 6.11. The van der Waals surface area contributed by atoms with Crippen LogP contribution in [0, 0.1) is 0 Å². The maximum atomic E-state index is 12.7. The van der Waals surface area contributed by atoms with Crippen molar-refractivity contribution in [2.24, 2.45) is 0 Å². The summed E-state index contributed by atoms with van der Waals surface area (Å²) < 4.78 is 27.5. The fourth-order valence-electron chi connectivity index (χ4n) is 3.15. The van der Waals surface area contributed by atoms with Crippen LogP contribution in [-0.4, -0.2) is 42.8 Å². The van der Waals surface area contributed by atoms with Crippen molar-refractivity contribution in [2.45, 2.75) is 36.7 Å². The van der Waals surface area contributed by atoms with Crippen molar-refractivity contribution in [3.63, 3.8) is 0 Å². The molecule has 2 unspecified atom stereocenters. The molecule has 1 fully saturated rings. The van der Waals surface area contributed by atoms with Gasteiger partial charge in [0, 0.05) is 31.7 Å². The van der Waals surface area contributed by atoms with Crippen LogP contribution in [0.1, 0.15) is 19.4 Å². The summed E-state index contributed by atoms with van der Waals surface area (Å²) >= 11 is 1.29. The van der Waals surface area contributed by atoms with Gasteiger partial charge in [0.1, 0.15) is 4.21 Å². The third-order valence-corrected chi connectivity index (χ3v) is 7.57. The van der Waals surface area contributed by atoms with Gasteiger partial charge >= 0.3 is 0 Å². The number of hydrogen-bond acceptors (Lipinski definition) is 4. The largest absolute Gasteiger partial charge is 0.291 e. The molecule has 2 aromatic rings. The Balaban J connectivity index is 1.75. The van der Waals surface area contributed by atoms with Crippen LogP contribution in [0.4, 0.5) is 0 Å². The van der Waals surface area contributed by atoms with Crippen molar-refractivity contribution in [3.05, 3.63) is 53.4 Å². The van der Waals surface area contributed by atoms with Gasteiger partial charge in [-0.3, -0.25) is 4.90 Å². The zero-order valence-corrected chi connectivity index (χ0v) is 15.1. The predicted molar refractivity (Wildman–Crippen MR) is 94.0 cm³/mol. The van der Waals surface area contributed by atoms with Gasteiger partial charge in [-0.05, 0) is 30.9 Å². The van der Waals surface area contributed by atoms with Gasteiger partial charge in [0.15, 0.2) is 0 Å². The van der Waals surface area contributed by atoms with E-state index in [2.05, 4.69) is 30.9 Å². The summed E-state index contributed by atoms with van der Waals surface area (Å²) in [5.41, 5.74) is 1.26. The maximum absolute atomic E-state index is 12.7. The van der Waals surface area contributed by atoms with Gasteiger partial charge in [-0.25, -0.2) is 8.42 Å². The summed E-state index contributed by atoms with van der Waals surface area (Å²) in [6.07, 6.45) is 0. The Labute approximate surface area is 142 Å². The molecule has 3 rings (SSSR count). The minimum Gasteiger partial charge on any atom is -0.291 e. The van der Waals surface area contributed by atoms with E-state index in [1.165, 1.54) is 16.9 Å². The van der Waals surface area contributed by atoms with Gasteiger partial charge in [0.05, 0.1) is 0 Å². The van der Waals surface area contributed by atoms with Gasteiger partial charge in [0.25, 0.3) is 10.0 Å². The van der Waals surface area contributed by atoms with Crippen LogP contribution in [0.15, 0.2) is 52.1 Å². The summed E-state index contributed by atoms with van der Waals surface area (Å²) in [6, 6.07) is 14.2. The van der Waals surface area contributed by atoms with E-state index >= 15 is 0 Å². The molecule has 124 valence electrons. The van der Waals surface area contributed by atoms with Crippen LogP contribution in [0.3, 0.4) is 0 Å². The Morgan fingerprint density at radius 1 is 1.04 bits per heavy atom. The molecule has 0 bridgehead atoms. The van der Waals surface area contributed by atoms with Gasteiger partial charge < -0.3 is 0 Å². The third kappa shape index (κ3) is 3.50. The molecule has 1 saturated heterocycles. The monoisotopic (exact) mass is 350 g/mol. The van der Waals surface area contributed by atoms with Crippen molar-refractivity contribution in [3.8, 4) is 0 Å². The fourth-order valence-corrected chi connectivity index (χ4v) is 5.89. The van der Waals surface area contributed by atoms with E-state index in [4.69, 9.17) is 0 Å². The molecule has 0 spiro atoms. The summed E-state index contributed by atoms with van der Waals surface area (Å²) in [7, 11) is -3.36. The van der Waals surface area contributed by atoms with Crippen LogP contribution in [0.5, 0.6) is 0 Å². The van der Waals surface area contributed by atoms with Crippen molar-refractivity contribution >= 4 is 21.4 Å². The molecule has 0 amide bonds. The fraction of sp³-hybridized carbons (Fsp3) is 0.412. The molecule has 2 atom stereocenters. The minimum absolute atomic E-state index is 0.189. The highest BCUT2D eigenvalue weighted by Crippen LogP contribution is 2.26. The molecule has 0 aliphatic carbocycles. The van der Waals surface area contributed by atoms with E-state index in [1.807, 2.05) is 23.6 Å². The van der Waals surface area contributed by atoms with Crippen LogP contribution in [0.2, 0.25) is 0 Å². The quantitative estimate of drug-likeness (QED) is 0.851. The highest BCUT2D eigenvalue weighted by atomic mass is 32.2. The van der Waals surface area contributed by atoms with E-state index in [0.29, 0.717) is 17.3 Å². The van der Waals surface area contributed by atoms with E-state index in [0.717, 1.165) is 6.54 Å². The normalized spacial score (nSPS) is 23.9. The third-order valence-electron chi connectivity index (χ3n) is 4.37. The summed E-state index contributed by atoms with van der Waals surface area (Å²) in [4.78, 5) is 2.38. The standard InChI is InChI=1S/C17H22N2O2S2/c1-14-11-18(23(20,21)17-9-6-10-22-17)12-15(2)19(14)13-16-7-4-3-5-8-16/h3-10,14-15H,11-13H2,1-2H3. The Morgan fingerprint density at radius 2 is 1.70 bits per heavy atom. The zero-order chi connectivity index (χ0) is 16.4. The van der Waals surface area contributed by atoms with E-state index < -0.39 is 10.0 Å². The summed E-state index contributed by atoms with van der Waals surface area (Å²) in [6.45, 7) is 6.15. The molecule has 1 aromatic heterocycles. The van der Waals surface area contributed by atoms with Crippen LogP contribution in [0.25, 0.3) is 0 Å². The molecular formula is C17H22N2O2S2. The lowest BCUT2D eigenvalue weighted by atomic mass is 10.1. The first kappa shape index (κ1) is 16.6. The first-order valence-corrected chi connectivity index (χ1v) is 10.1. The Kier molecular flexibility index (Phi) is 4.87. The molecule has 0 saturated carbocycles. The highest BCUT2D eigenvalue weighted by molar-refractivity contribution is 7.91. The number of hydrogen-bond donors (Lipinski definition) is 0. The van der Waals surface area contributed by atoms with Gasteiger partial charge in [-0.1, -0.05) is 36.4 Å². The molecule has 1 aromatic carbocycles. The molecular weight excluding hydrogens is 328 g/mol. The van der Waals surface area contributed by atoms with Crippen LogP contribution in [-0.2, 0) is 16.6 Å². The second-order valence-corrected chi connectivity index (χ2v) is 9.22. The van der Waals surface area contributed by atoms with Gasteiger partial charge in [0.2, 0.25) is 0 Å². The molecule has 2 heterocycles. The number of benzene rings is 1. The molecule has 1 aliphatic rings. The second kappa shape index (κ2) is 6.73.